The molecule has 0 saturated carbocycles. The Morgan fingerprint density at radius 2 is 1.95 bits per heavy atom. The molecule has 0 amide bonds. The van der Waals surface area contributed by atoms with Gasteiger partial charge in [0.2, 0.25) is 0 Å². The maximum absolute atomic E-state index is 11.8. The van der Waals surface area contributed by atoms with Gasteiger partial charge in [-0.05, 0) is 29.8 Å². The molecule has 112 valence electrons. The summed E-state index contributed by atoms with van der Waals surface area (Å²) in [5.41, 5.74) is 3.34. The number of anilines is 2. The smallest absolute Gasteiger partial charge is 0.300 e. The van der Waals surface area contributed by atoms with Crippen molar-refractivity contribution in [3.63, 3.8) is 0 Å². The Bertz CT molecular complexity index is 791. The lowest BCUT2D eigenvalue weighted by Gasteiger charge is -2.03. The third-order valence-corrected chi connectivity index (χ3v) is 3.50. The molecule has 0 fully saturated rings. The standard InChI is InChI=1S/C18H18N2O2/c1-12(2)16(21)10-13-8-9-15-17(11-13)22-18(20-15)19-14-6-4-3-5-7-14/h3-9,11-12H,10H2,1-2H3,(H,19,20). The van der Waals surface area contributed by atoms with Crippen molar-refractivity contribution < 1.29 is 9.21 Å². The van der Waals surface area contributed by atoms with Gasteiger partial charge in [-0.2, -0.15) is 4.98 Å². The summed E-state index contributed by atoms with van der Waals surface area (Å²) in [6, 6.07) is 15.9. The summed E-state index contributed by atoms with van der Waals surface area (Å²) in [6.45, 7) is 3.83. The van der Waals surface area contributed by atoms with E-state index in [0.717, 1.165) is 16.8 Å². The van der Waals surface area contributed by atoms with Crippen LogP contribution in [0.3, 0.4) is 0 Å². The monoisotopic (exact) mass is 294 g/mol. The summed E-state index contributed by atoms with van der Waals surface area (Å²) in [6.07, 6.45) is 0.426. The lowest BCUT2D eigenvalue weighted by atomic mass is 10.0. The summed E-state index contributed by atoms with van der Waals surface area (Å²) in [7, 11) is 0. The Morgan fingerprint density at radius 1 is 1.18 bits per heavy atom. The van der Waals surface area contributed by atoms with Crippen LogP contribution < -0.4 is 5.32 Å². The first kappa shape index (κ1) is 14.3. The van der Waals surface area contributed by atoms with Gasteiger partial charge < -0.3 is 9.73 Å². The Labute approximate surface area is 129 Å². The second-order valence-electron chi connectivity index (χ2n) is 5.61. The van der Waals surface area contributed by atoms with Crippen molar-refractivity contribution in [1.29, 1.82) is 0 Å². The summed E-state index contributed by atoms with van der Waals surface area (Å²) in [5, 5.41) is 3.13. The molecule has 0 unspecified atom stereocenters. The summed E-state index contributed by atoms with van der Waals surface area (Å²) in [4.78, 5) is 16.2. The van der Waals surface area contributed by atoms with E-state index >= 15 is 0 Å². The van der Waals surface area contributed by atoms with Crippen LogP contribution in [0.1, 0.15) is 19.4 Å². The van der Waals surface area contributed by atoms with Gasteiger partial charge in [0.05, 0.1) is 0 Å². The highest BCUT2D eigenvalue weighted by molar-refractivity contribution is 5.84. The van der Waals surface area contributed by atoms with Crippen LogP contribution in [0.25, 0.3) is 11.1 Å². The Hall–Kier alpha value is -2.62. The third kappa shape index (κ3) is 3.17. The number of carbonyl (C=O) groups excluding carboxylic acids is 1. The summed E-state index contributed by atoms with van der Waals surface area (Å²) >= 11 is 0. The average molecular weight is 294 g/mol. The Kier molecular flexibility index (Phi) is 3.92. The topological polar surface area (TPSA) is 55.1 Å². The van der Waals surface area contributed by atoms with Crippen molar-refractivity contribution in [2.24, 2.45) is 5.92 Å². The zero-order chi connectivity index (χ0) is 15.5. The van der Waals surface area contributed by atoms with Crippen LogP contribution in [0, 0.1) is 5.92 Å². The maximum Gasteiger partial charge on any atom is 0.300 e. The summed E-state index contributed by atoms with van der Waals surface area (Å²) in [5.74, 6) is 0.266. The maximum atomic E-state index is 11.8. The number of hydrogen-bond donors (Lipinski definition) is 1. The van der Waals surface area contributed by atoms with Crippen molar-refractivity contribution in [3.05, 3.63) is 54.1 Å². The SMILES string of the molecule is CC(C)C(=O)Cc1ccc2nc(Nc3ccccc3)oc2c1. The molecule has 1 heterocycles. The molecule has 22 heavy (non-hydrogen) atoms. The van der Waals surface area contributed by atoms with Gasteiger partial charge in [0.1, 0.15) is 11.3 Å². The zero-order valence-corrected chi connectivity index (χ0v) is 12.7. The van der Waals surface area contributed by atoms with E-state index < -0.39 is 0 Å². The van der Waals surface area contributed by atoms with Crippen LogP contribution in [-0.4, -0.2) is 10.8 Å². The number of rotatable bonds is 5. The van der Waals surface area contributed by atoms with Crippen molar-refractivity contribution >= 4 is 28.6 Å². The average Bonchev–Trinajstić information content (AvgIpc) is 2.89. The quantitative estimate of drug-likeness (QED) is 0.760. The van der Waals surface area contributed by atoms with Crippen molar-refractivity contribution in [3.8, 4) is 0 Å². The normalized spacial score (nSPS) is 11.0. The third-order valence-electron chi connectivity index (χ3n) is 3.50. The molecule has 2 aromatic carbocycles. The number of benzene rings is 2. The molecule has 0 aliphatic rings. The van der Waals surface area contributed by atoms with Crippen LogP contribution in [0.2, 0.25) is 0 Å². The minimum absolute atomic E-state index is 0.0423. The largest absolute Gasteiger partial charge is 0.423 e. The molecule has 0 atom stereocenters. The second-order valence-corrected chi connectivity index (χ2v) is 5.61. The summed E-state index contributed by atoms with van der Waals surface area (Å²) < 4.78 is 5.72. The molecule has 1 N–H and O–H groups in total. The van der Waals surface area contributed by atoms with Gasteiger partial charge in [-0.1, -0.05) is 38.1 Å². The molecule has 0 spiro atoms. The highest BCUT2D eigenvalue weighted by atomic mass is 16.4. The number of aromatic nitrogens is 1. The molecular formula is C18H18N2O2. The minimum Gasteiger partial charge on any atom is -0.423 e. The van der Waals surface area contributed by atoms with Crippen molar-refractivity contribution in [2.75, 3.05) is 5.32 Å². The number of Topliss-reactive ketones (excluding diaryl/α,β-unsaturated/α-hetero) is 1. The lowest BCUT2D eigenvalue weighted by Crippen LogP contribution is -2.09. The molecule has 4 heteroatoms. The van der Waals surface area contributed by atoms with Crippen LogP contribution in [0.15, 0.2) is 52.9 Å². The number of nitrogens with zero attached hydrogens (tertiary/aromatic N) is 1. The first-order valence-corrected chi connectivity index (χ1v) is 7.36. The van der Waals surface area contributed by atoms with Crippen LogP contribution in [0.5, 0.6) is 0 Å². The Balaban J connectivity index is 1.82. The molecular weight excluding hydrogens is 276 g/mol. The van der Waals surface area contributed by atoms with E-state index in [2.05, 4.69) is 10.3 Å². The van der Waals surface area contributed by atoms with Crippen LogP contribution >= 0.6 is 0 Å². The number of oxazole rings is 1. The molecule has 0 radical (unpaired) electrons. The van der Waals surface area contributed by atoms with Gasteiger partial charge in [-0.3, -0.25) is 4.79 Å². The number of ketones is 1. The van der Waals surface area contributed by atoms with Gasteiger partial charge in [0.15, 0.2) is 5.58 Å². The Morgan fingerprint density at radius 3 is 2.68 bits per heavy atom. The number of para-hydroxylation sites is 1. The predicted molar refractivity (Wildman–Crippen MR) is 87.3 cm³/mol. The first-order chi connectivity index (χ1) is 10.6. The van der Waals surface area contributed by atoms with E-state index in [1.807, 2.05) is 62.4 Å². The van der Waals surface area contributed by atoms with Gasteiger partial charge in [-0.25, -0.2) is 0 Å². The highest BCUT2D eigenvalue weighted by Crippen LogP contribution is 2.23. The van der Waals surface area contributed by atoms with E-state index in [0.29, 0.717) is 18.0 Å². The minimum atomic E-state index is 0.0423. The number of nitrogens with one attached hydrogen (secondary N) is 1. The number of hydrogen-bond acceptors (Lipinski definition) is 4. The fourth-order valence-corrected chi connectivity index (χ4v) is 2.18. The molecule has 0 bridgehead atoms. The first-order valence-electron chi connectivity index (χ1n) is 7.36. The van der Waals surface area contributed by atoms with E-state index in [9.17, 15) is 4.79 Å². The fourth-order valence-electron chi connectivity index (χ4n) is 2.18. The number of fused-ring (bicyclic) bond motifs is 1. The second kappa shape index (κ2) is 6.02. The lowest BCUT2D eigenvalue weighted by molar-refractivity contribution is -0.121. The van der Waals surface area contributed by atoms with Gasteiger partial charge in [0, 0.05) is 18.0 Å². The van der Waals surface area contributed by atoms with Crippen molar-refractivity contribution in [2.45, 2.75) is 20.3 Å². The van der Waals surface area contributed by atoms with Crippen LogP contribution in [0.4, 0.5) is 11.7 Å². The molecule has 1 aromatic heterocycles. The van der Waals surface area contributed by atoms with Crippen LogP contribution in [-0.2, 0) is 11.2 Å². The molecule has 0 saturated heterocycles. The molecule has 3 rings (SSSR count). The van der Waals surface area contributed by atoms with Gasteiger partial charge >= 0.3 is 0 Å². The zero-order valence-electron chi connectivity index (χ0n) is 12.7. The fraction of sp³-hybridized carbons (Fsp3) is 0.222. The molecule has 4 nitrogen and oxygen atoms in total. The van der Waals surface area contributed by atoms with Crippen molar-refractivity contribution in [1.82, 2.24) is 4.98 Å². The van der Waals surface area contributed by atoms with E-state index in [-0.39, 0.29) is 11.7 Å². The number of carbonyl (C=O) groups is 1. The van der Waals surface area contributed by atoms with E-state index in [1.54, 1.807) is 0 Å². The van der Waals surface area contributed by atoms with Gasteiger partial charge in [0.25, 0.3) is 6.01 Å². The van der Waals surface area contributed by atoms with E-state index in [4.69, 9.17) is 4.42 Å². The molecule has 3 aromatic rings. The molecule has 0 aliphatic carbocycles. The molecule has 0 aliphatic heterocycles. The van der Waals surface area contributed by atoms with E-state index in [1.165, 1.54) is 0 Å². The highest BCUT2D eigenvalue weighted by Gasteiger charge is 2.11. The predicted octanol–water partition coefficient (Wildman–Crippen LogP) is 4.34. The van der Waals surface area contributed by atoms with Gasteiger partial charge in [-0.15, -0.1) is 0 Å².